The molecule has 1 saturated heterocycles. The van der Waals surface area contributed by atoms with Gasteiger partial charge in [-0.1, -0.05) is 54.6 Å². The summed E-state index contributed by atoms with van der Waals surface area (Å²) in [6.45, 7) is 0.771. The minimum absolute atomic E-state index is 0.0457. The first kappa shape index (κ1) is 13.9. The van der Waals surface area contributed by atoms with E-state index in [1.165, 1.54) is 21.9 Å². The second kappa shape index (κ2) is 5.25. The number of para-hydroxylation sites is 1. The van der Waals surface area contributed by atoms with Gasteiger partial charge in [0.25, 0.3) is 0 Å². The molecular formula is C21H19NO2. The average Bonchev–Trinajstić information content (AvgIpc) is 3.11. The number of hydrogen-bond donors (Lipinski definition) is 2. The fourth-order valence-corrected chi connectivity index (χ4v) is 4.31. The van der Waals surface area contributed by atoms with Crippen LogP contribution in [0.2, 0.25) is 0 Å². The summed E-state index contributed by atoms with van der Waals surface area (Å²) in [5.74, 6) is 0.653. The molecule has 0 bridgehead atoms. The maximum absolute atomic E-state index is 10.4. The van der Waals surface area contributed by atoms with Crippen LogP contribution in [0.3, 0.4) is 0 Å². The van der Waals surface area contributed by atoms with E-state index >= 15 is 0 Å². The number of benzene rings is 3. The van der Waals surface area contributed by atoms with Gasteiger partial charge in [0, 0.05) is 12.5 Å². The molecule has 1 fully saturated rings. The Balaban J connectivity index is 1.70. The van der Waals surface area contributed by atoms with Crippen LogP contribution >= 0.6 is 0 Å². The number of rotatable bonds is 1. The average molecular weight is 317 g/mol. The molecule has 3 aromatic rings. The Bertz CT molecular complexity index is 915. The summed E-state index contributed by atoms with van der Waals surface area (Å²) in [4.78, 5) is 0. The van der Waals surface area contributed by atoms with Gasteiger partial charge < -0.3 is 15.2 Å². The molecule has 0 saturated carbocycles. The molecule has 120 valence electrons. The van der Waals surface area contributed by atoms with Gasteiger partial charge in [0.05, 0.1) is 17.8 Å². The quantitative estimate of drug-likeness (QED) is 0.645. The largest absolute Gasteiger partial charge is 0.506 e. The van der Waals surface area contributed by atoms with Crippen LogP contribution in [0.5, 0.6) is 5.75 Å². The van der Waals surface area contributed by atoms with Gasteiger partial charge in [-0.15, -0.1) is 0 Å². The maximum Gasteiger partial charge on any atom is 0.138 e. The molecule has 2 aliphatic rings. The molecular weight excluding hydrogens is 298 g/mol. The van der Waals surface area contributed by atoms with Crippen molar-refractivity contribution in [2.75, 3.05) is 11.9 Å². The van der Waals surface area contributed by atoms with Crippen molar-refractivity contribution in [3.8, 4) is 5.75 Å². The number of fused-ring (bicyclic) bond motifs is 4. The highest BCUT2D eigenvalue weighted by molar-refractivity contribution is 5.87. The molecule has 0 radical (unpaired) electrons. The van der Waals surface area contributed by atoms with Crippen molar-refractivity contribution in [1.29, 1.82) is 0 Å². The number of aromatic hydroxyl groups is 1. The van der Waals surface area contributed by atoms with E-state index in [1.807, 2.05) is 6.07 Å². The second-order valence-electron chi connectivity index (χ2n) is 6.66. The Hall–Kier alpha value is -2.52. The second-order valence-corrected chi connectivity index (χ2v) is 6.66. The molecule has 2 heterocycles. The third kappa shape index (κ3) is 1.95. The molecule has 3 heteroatoms. The molecule has 0 amide bonds. The number of ether oxygens (including phenoxy) is 1. The summed E-state index contributed by atoms with van der Waals surface area (Å²) >= 11 is 0. The van der Waals surface area contributed by atoms with E-state index in [0.29, 0.717) is 11.7 Å². The van der Waals surface area contributed by atoms with Crippen LogP contribution in [-0.4, -0.2) is 17.8 Å². The number of phenols is 1. The van der Waals surface area contributed by atoms with Crippen molar-refractivity contribution in [3.63, 3.8) is 0 Å². The molecule has 24 heavy (non-hydrogen) atoms. The number of phenolic OH excluding ortho intramolecular Hbond substituents is 1. The lowest BCUT2D eigenvalue weighted by Gasteiger charge is -2.37. The molecule has 5 rings (SSSR count). The van der Waals surface area contributed by atoms with Gasteiger partial charge in [-0.25, -0.2) is 0 Å². The molecule has 2 aliphatic heterocycles. The molecule has 0 aliphatic carbocycles. The van der Waals surface area contributed by atoms with E-state index in [0.717, 1.165) is 18.7 Å². The predicted molar refractivity (Wildman–Crippen MR) is 95.5 cm³/mol. The summed E-state index contributed by atoms with van der Waals surface area (Å²) in [6, 6.07) is 20.7. The normalized spacial score (nSPS) is 25.1. The standard InChI is InChI=1S/C21H19NO2/c23-18-10-4-9-16-17-11-12-24-21(17)20(22-19(16)18)15-8-3-6-13-5-1-2-7-14(13)15/h1-10,17,20-23H,11-12H2/t17-,20-,21-/m1/s1. The summed E-state index contributed by atoms with van der Waals surface area (Å²) in [5.41, 5.74) is 3.27. The number of anilines is 1. The van der Waals surface area contributed by atoms with Crippen molar-refractivity contribution in [2.24, 2.45) is 0 Å². The van der Waals surface area contributed by atoms with Crippen LogP contribution in [0.25, 0.3) is 10.8 Å². The predicted octanol–water partition coefficient (Wildman–Crippen LogP) is 4.58. The summed E-state index contributed by atoms with van der Waals surface area (Å²) in [5, 5.41) is 16.4. The fraction of sp³-hybridized carbons (Fsp3) is 0.238. The molecule has 3 aromatic carbocycles. The van der Waals surface area contributed by atoms with E-state index in [-0.39, 0.29) is 12.1 Å². The highest BCUT2D eigenvalue weighted by Crippen LogP contribution is 2.50. The molecule has 3 atom stereocenters. The third-order valence-corrected chi connectivity index (χ3v) is 5.40. The molecule has 2 N–H and O–H groups in total. The Morgan fingerprint density at radius 2 is 1.71 bits per heavy atom. The zero-order chi connectivity index (χ0) is 16.1. The lowest BCUT2D eigenvalue weighted by Crippen LogP contribution is -2.34. The monoisotopic (exact) mass is 317 g/mol. The van der Waals surface area contributed by atoms with Crippen LogP contribution in [-0.2, 0) is 4.74 Å². The highest BCUT2D eigenvalue weighted by Gasteiger charge is 2.42. The maximum atomic E-state index is 10.4. The third-order valence-electron chi connectivity index (χ3n) is 5.40. The molecule has 0 spiro atoms. The van der Waals surface area contributed by atoms with E-state index in [4.69, 9.17) is 4.74 Å². The van der Waals surface area contributed by atoms with Gasteiger partial charge in [-0.3, -0.25) is 0 Å². The smallest absolute Gasteiger partial charge is 0.138 e. The van der Waals surface area contributed by atoms with Gasteiger partial charge in [0.2, 0.25) is 0 Å². The zero-order valence-corrected chi connectivity index (χ0v) is 13.3. The Morgan fingerprint density at radius 3 is 2.67 bits per heavy atom. The first-order valence-corrected chi connectivity index (χ1v) is 8.50. The Labute approximate surface area is 140 Å². The van der Waals surface area contributed by atoms with Crippen molar-refractivity contribution in [3.05, 3.63) is 71.8 Å². The zero-order valence-electron chi connectivity index (χ0n) is 13.3. The van der Waals surface area contributed by atoms with Crippen molar-refractivity contribution in [2.45, 2.75) is 24.5 Å². The van der Waals surface area contributed by atoms with Gasteiger partial charge in [0.15, 0.2) is 0 Å². The van der Waals surface area contributed by atoms with Crippen LogP contribution in [0.15, 0.2) is 60.7 Å². The van der Waals surface area contributed by atoms with E-state index in [9.17, 15) is 5.11 Å². The summed E-state index contributed by atoms with van der Waals surface area (Å²) < 4.78 is 6.13. The van der Waals surface area contributed by atoms with Gasteiger partial charge in [-0.2, -0.15) is 0 Å². The van der Waals surface area contributed by atoms with E-state index < -0.39 is 0 Å². The van der Waals surface area contributed by atoms with Crippen LogP contribution in [0.1, 0.15) is 29.5 Å². The molecule has 3 nitrogen and oxygen atoms in total. The minimum atomic E-state index is 0.0457. The first-order valence-electron chi connectivity index (χ1n) is 8.50. The highest BCUT2D eigenvalue weighted by atomic mass is 16.5. The lowest BCUT2D eigenvalue weighted by molar-refractivity contribution is 0.0853. The summed E-state index contributed by atoms with van der Waals surface area (Å²) in [6.07, 6.45) is 1.11. The van der Waals surface area contributed by atoms with E-state index in [2.05, 4.69) is 53.8 Å². The minimum Gasteiger partial charge on any atom is -0.506 e. The van der Waals surface area contributed by atoms with Gasteiger partial charge in [0.1, 0.15) is 5.75 Å². The van der Waals surface area contributed by atoms with E-state index in [1.54, 1.807) is 6.07 Å². The number of nitrogens with one attached hydrogen (secondary N) is 1. The first-order chi connectivity index (χ1) is 11.8. The van der Waals surface area contributed by atoms with Gasteiger partial charge >= 0.3 is 0 Å². The molecule has 0 aromatic heterocycles. The Kier molecular flexibility index (Phi) is 3.03. The summed E-state index contributed by atoms with van der Waals surface area (Å²) in [7, 11) is 0. The van der Waals surface area contributed by atoms with Crippen LogP contribution in [0.4, 0.5) is 5.69 Å². The topological polar surface area (TPSA) is 41.5 Å². The van der Waals surface area contributed by atoms with Crippen molar-refractivity contribution < 1.29 is 9.84 Å². The van der Waals surface area contributed by atoms with Crippen LogP contribution < -0.4 is 5.32 Å². The Morgan fingerprint density at radius 1 is 0.917 bits per heavy atom. The number of hydrogen-bond acceptors (Lipinski definition) is 3. The fourth-order valence-electron chi connectivity index (χ4n) is 4.31. The van der Waals surface area contributed by atoms with Crippen molar-refractivity contribution in [1.82, 2.24) is 0 Å². The molecule has 0 unspecified atom stereocenters. The lowest BCUT2D eigenvalue weighted by atomic mass is 9.80. The SMILES string of the molecule is Oc1cccc2c1N[C@H](c1cccc3ccccc13)[C@@H]1OCC[C@H]21. The van der Waals surface area contributed by atoms with Gasteiger partial charge in [-0.05, 0) is 34.4 Å². The van der Waals surface area contributed by atoms with Crippen LogP contribution in [0, 0.1) is 0 Å². The van der Waals surface area contributed by atoms with Crippen molar-refractivity contribution >= 4 is 16.5 Å².